The van der Waals surface area contributed by atoms with Gasteiger partial charge in [0.25, 0.3) is 0 Å². The molecule has 5 rings (SSSR count). The number of nitrogens with zero attached hydrogens (tertiary/aromatic N) is 5. The lowest BCUT2D eigenvalue weighted by Gasteiger charge is -2.42. The fourth-order valence-electron chi connectivity index (χ4n) is 6.44. The van der Waals surface area contributed by atoms with Gasteiger partial charge < -0.3 is 14.2 Å². The van der Waals surface area contributed by atoms with E-state index in [4.69, 9.17) is 15.8 Å². The molecule has 8 heteroatoms. The molecule has 1 atom stereocenters. The molecule has 43 heavy (non-hydrogen) atoms. The topological polar surface area (TPSA) is 52.2 Å². The number of rotatable bonds is 10. The summed E-state index contributed by atoms with van der Waals surface area (Å²) in [6.45, 7) is 19.8. The molecule has 0 radical (unpaired) electrons. The highest BCUT2D eigenvalue weighted by Crippen LogP contribution is 2.38. The molecule has 3 aliphatic heterocycles. The van der Waals surface area contributed by atoms with Gasteiger partial charge >= 0.3 is 6.03 Å². The van der Waals surface area contributed by atoms with Crippen molar-refractivity contribution in [2.24, 2.45) is 0 Å². The maximum absolute atomic E-state index is 13.6. The summed E-state index contributed by atoms with van der Waals surface area (Å²) in [7, 11) is -2.02. The van der Waals surface area contributed by atoms with Crippen molar-refractivity contribution in [2.45, 2.75) is 83.3 Å². The minimum absolute atomic E-state index is 0.0143. The lowest BCUT2D eigenvalue weighted by molar-refractivity contribution is 0.0878. The molecule has 1 unspecified atom stereocenters. The number of hydrogen-bond donors (Lipinski definition) is 0. The predicted octanol–water partition coefficient (Wildman–Crippen LogP) is 5.58. The first-order valence-electron chi connectivity index (χ1n) is 16.1. The third-order valence-electron chi connectivity index (χ3n) is 10.1. The quantitative estimate of drug-likeness (QED) is 0.263. The van der Waals surface area contributed by atoms with E-state index >= 15 is 0 Å². The van der Waals surface area contributed by atoms with E-state index in [0.717, 1.165) is 77.3 Å². The van der Waals surface area contributed by atoms with Gasteiger partial charge in [-0.3, -0.25) is 14.8 Å². The number of benzene rings is 1. The number of urea groups is 1. The summed E-state index contributed by atoms with van der Waals surface area (Å²) in [5.74, 6) is 3.29. The van der Waals surface area contributed by atoms with Crippen molar-refractivity contribution in [2.75, 3.05) is 52.4 Å². The van der Waals surface area contributed by atoms with Gasteiger partial charge in [-0.1, -0.05) is 57.0 Å². The molecule has 0 spiro atoms. The van der Waals surface area contributed by atoms with Crippen LogP contribution in [0.1, 0.15) is 61.9 Å². The smallest absolute Gasteiger partial charge is 0.320 e. The van der Waals surface area contributed by atoms with Gasteiger partial charge in [0.2, 0.25) is 0 Å². The molecule has 7 nitrogen and oxygen atoms in total. The lowest BCUT2D eigenvalue weighted by atomic mass is 9.90. The molecule has 2 aromatic rings. The van der Waals surface area contributed by atoms with Crippen molar-refractivity contribution >= 4 is 14.3 Å². The van der Waals surface area contributed by atoms with Crippen molar-refractivity contribution in [1.82, 2.24) is 24.6 Å². The zero-order valence-electron chi connectivity index (χ0n) is 27.0. The van der Waals surface area contributed by atoms with E-state index in [0.29, 0.717) is 19.0 Å². The lowest BCUT2D eigenvalue weighted by Crippen LogP contribution is -2.51. The number of likely N-dealkylation sites (tertiary alicyclic amines) is 1. The minimum Gasteiger partial charge on any atom is -0.411 e. The number of amides is 2. The van der Waals surface area contributed by atoms with Crippen molar-refractivity contribution in [3.63, 3.8) is 0 Å². The first-order chi connectivity index (χ1) is 20.5. The normalized spacial score (nSPS) is 19.9. The van der Waals surface area contributed by atoms with Gasteiger partial charge in [0.15, 0.2) is 8.32 Å². The van der Waals surface area contributed by atoms with Gasteiger partial charge in [-0.05, 0) is 79.2 Å². The van der Waals surface area contributed by atoms with Crippen molar-refractivity contribution in [3.8, 4) is 12.3 Å². The second-order valence-electron chi connectivity index (χ2n) is 14.2. The molecule has 0 saturated carbocycles. The molecule has 232 valence electrons. The zero-order chi connectivity index (χ0) is 30.6. The van der Waals surface area contributed by atoms with E-state index < -0.39 is 8.32 Å². The zero-order valence-corrected chi connectivity index (χ0v) is 28.0. The summed E-state index contributed by atoms with van der Waals surface area (Å²) in [5, 5.41) is 0.108. The molecular formula is C35H51N5O2Si. The molecule has 2 saturated heterocycles. The number of hydrogen-bond acceptors (Lipinski definition) is 5. The Kier molecular flexibility index (Phi) is 9.97. The van der Waals surface area contributed by atoms with Crippen LogP contribution < -0.4 is 0 Å². The van der Waals surface area contributed by atoms with Gasteiger partial charge in [-0.15, -0.1) is 6.42 Å². The number of carbonyl (C=O) groups excluding carboxylic acids is 1. The Labute approximate surface area is 260 Å². The highest BCUT2D eigenvalue weighted by molar-refractivity contribution is 6.74. The Morgan fingerprint density at radius 2 is 1.70 bits per heavy atom. The number of fused-ring (bicyclic) bond motifs is 1. The fraction of sp³-hybridized carbons (Fsp3) is 0.600. The molecular weight excluding hydrogens is 551 g/mol. The molecule has 2 amide bonds. The van der Waals surface area contributed by atoms with E-state index in [1.165, 1.54) is 16.7 Å². The maximum Gasteiger partial charge on any atom is 0.320 e. The van der Waals surface area contributed by atoms with Crippen LogP contribution in [0.2, 0.25) is 18.1 Å². The van der Waals surface area contributed by atoms with Crippen LogP contribution >= 0.6 is 0 Å². The Morgan fingerprint density at radius 3 is 2.37 bits per heavy atom. The van der Waals surface area contributed by atoms with Crippen LogP contribution in [0.3, 0.4) is 0 Å². The number of piperidine rings is 1. The summed E-state index contributed by atoms with van der Waals surface area (Å²) >= 11 is 0. The van der Waals surface area contributed by atoms with Crippen LogP contribution in [-0.2, 0) is 23.9 Å². The summed E-state index contributed by atoms with van der Waals surface area (Å²) in [6.07, 6.45) is 10.8. The third-order valence-corrected chi connectivity index (χ3v) is 14.7. The van der Waals surface area contributed by atoms with Gasteiger partial charge in [-0.25, -0.2) is 4.79 Å². The van der Waals surface area contributed by atoms with E-state index in [1.54, 1.807) is 0 Å². The van der Waals surface area contributed by atoms with Gasteiger partial charge in [-0.2, -0.15) is 0 Å². The van der Waals surface area contributed by atoms with Crippen LogP contribution in [0.5, 0.6) is 0 Å². The van der Waals surface area contributed by atoms with E-state index in [-0.39, 0.29) is 17.2 Å². The van der Waals surface area contributed by atoms with Crippen molar-refractivity contribution in [3.05, 3.63) is 65.0 Å². The summed E-state index contributed by atoms with van der Waals surface area (Å²) in [5.41, 5.74) is 5.11. The van der Waals surface area contributed by atoms with Gasteiger partial charge in [0, 0.05) is 45.5 Å². The van der Waals surface area contributed by atoms with Crippen molar-refractivity contribution < 1.29 is 9.22 Å². The van der Waals surface area contributed by atoms with Crippen molar-refractivity contribution in [1.29, 1.82) is 0 Å². The van der Waals surface area contributed by atoms with E-state index in [2.05, 4.69) is 86.0 Å². The molecule has 1 aromatic heterocycles. The maximum atomic E-state index is 13.6. The van der Waals surface area contributed by atoms with Crippen LogP contribution in [0.25, 0.3) is 0 Å². The van der Waals surface area contributed by atoms with E-state index in [1.807, 2.05) is 16.0 Å². The Morgan fingerprint density at radius 1 is 0.977 bits per heavy atom. The Balaban J connectivity index is 1.19. The highest BCUT2D eigenvalue weighted by Gasteiger charge is 2.41. The average molecular weight is 602 g/mol. The minimum atomic E-state index is -2.02. The van der Waals surface area contributed by atoms with Crippen LogP contribution in [0.15, 0.2) is 42.6 Å². The van der Waals surface area contributed by atoms with Gasteiger partial charge in [0.1, 0.15) is 0 Å². The molecule has 0 aliphatic carbocycles. The second-order valence-corrected chi connectivity index (χ2v) is 19.0. The number of terminal acetylenes is 1. The molecule has 2 fully saturated rings. The van der Waals surface area contributed by atoms with Gasteiger partial charge in [0.05, 0.1) is 24.9 Å². The fourth-order valence-corrected chi connectivity index (χ4v) is 7.77. The molecule has 4 heterocycles. The van der Waals surface area contributed by atoms with Crippen LogP contribution in [0.4, 0.5) is 4.79 Å². The number of carbonyl (C=O) groups is 1. The Bertz CT molecular complexity index is 1280. The SMILES string of the molecule is C#CCN1CCC(c2ccc(CN3CCN(CC(CN4CCc5ccccc5C4)O[Si](C)(C)C(C)(C)C)C3=O)nc2)CC1. The number of pyridine rings is 1. The molecule has 0 N–H and O–H groups in total. The molecule has 1 aromatic carbocycles. The summed E-state index contributed by atoms with van der Waals surface area (Å²) in [6, 6.07) is 13.2. The van der Waals surface area contributed by atoms with Crippen LogP contribution in [-0.4, -0.2) is 97.4 Å². The van der Waals surface area contributed by atoms with E-state index in [9.17, 15) is 4.79 Å². The first-order valence-corrected chi connectivity index (χ1v) is 19.0. The summed E-state index contributed by atoms with van der Waals surface area (Å²) < 4.78 is 7.01. The standard InChI is InChI=1S/C35H51N5O2Si/c1-7-17-37-18-14-29(15-19-37)30-12-13-32(36-23-30)25-39-21-22-40(34(39)41)27-33(42-43(5,6)35(2,3)4)26-38-20-16-28-10-8-9-11-31(28)24-38/h1,8-13,23,29,33H,14-22,24-27H2,2-6H3. The Hall–Kier alpha value is -2.70. The monoisotopic (exact) mass is 601 g/mol. The largest absolute Gasteiger partial charge is 0.411 e. The second kappa shape index (κ2) is 13.5. The van der Waals surface area contributed by atoms with Crippen LogP contribution in [0, 0.1) is 12.3 Å². The third kappa shape index (κ3) is 7.88. The summed E-state index contributed by atoms with van der Waals surface area (Å²) in [4.78, 5) is 27.2. The molecule has 3 aliphatic rings. The number of aromatic nitrogens is 1. The first kappa shape index (κ1) is 31.7. The predicted molar refractivity (Wildman–Crippen MR) is 176 cm³/mol. The average Bonchev–Trinajstić information content (AvgIpc) is 3.31. The molecule has 0 bridgehead atoms. The highest BCUT2D eigenvalue weighted by atomic mass is 28.4.